The number of nitrogens with zero attached hydrogens (tertiary/aromatic N) is 8. The second-order valence-electron chi connectivity index (χ2n) is 15.0. The van der Waals surface area contributed by atoms with Crippen LogP contribution in [0.2, 0.25) is 51.4 Å². The highest BCUT2D eigenvalue weighted by Crippen LogP contribution is 2.11. The lowest BCUT2D eigenvalue weighted by Gasteiger charge is -2.16. The fourth-order valence-corrected chi connectivity index (χ4v) is 6.57. The molecule has 1 N–H and O–H groups in total. The lowest BCUT2D eigenvalue weighted by molar-refractivity contribution is -0.123. The number of fused-ring (bicyclic) bond motifs is 2. The van der Waals surface area contributed by atoms with Crippen LogP contribution in [0.5, 0.6) is 0 Å². The topological polar surface area (TPSA) is 198 Å². The first-order chi connectivity index (χ1) is 25.7. The number of aliphatic hydroxyl groups is 1. The Kier molecular flexibility index (Phi) is 19.0. The summed E-state index contributed by atoms with van der Waals surface area (Å²) in [6.07, 6.45) is 2.02. The van der Waals surface area contributed by atoms with Crippen molar-refractivity contribution >= 4 is 44.3 Å². The van der Waals surface area contributed by atoms with Crippen molar-refractivity contribution in [2.75, 3.05) is 40.6 Å². The summed E-state index contributed by atoms with van der Waals surface area (Å²) in [5.74, 6) is -0.358. The molecule has 55 heavy (non-hydrogen) atoms. The van der Waals surface area contributed by atoms with E-state index >= 15 is 0 Å². The number of aryl methyl sites for hydroxylation is 2. The number of ether oxygens (including phenoxy) is 4. The molecule has 4 rings (SSSR count). The minimum Gasteiger partial charge on any atom is -0.389 e. The summed E-state index contributed by atoms with van der Waals surface area (Å²) in [7, 11) is 3.49. The van der Waals surface area contributed by atoms with E-state index in [2.05, 4.69) is 49.3 Å². The Hall–Kier alpha value is -3.80. The quantitative estimate of drug-likeness (QED) is 0.114. The molecule has 18 nitrogen and oxygen atoms in total. The van der Waals surface area contributed by atoms with Crippen LogP contribution < -0.4 is 22.5 Å². The van der Waals surface area contributed by atoms with Crippen LogP contribution in [0.25, 0.3) is 22.3 Å². The van der Waals surface area contributed by atoms with Gasteiger partial charge in [0.15, 0.2) is 28.1 Å². The zero-order valence-corrected chi connectivity index (χ0v) is 35.7. The predicted octanol–water partition coefficient (Wildman–Crippen LogP) is 2.30. The van der Waals surface area contributed by atoms with Gasteiger partial charge in [0, 0.05) is 59.0 Å². The van der Waals surface area contributed by atoms with Gasteiger partial charge < -0.3 is 33.2 Å². The van der Waals surface area contributed by atoms with E-state index in [1.165, 1.54) is 43.1 Å². The Morgan fingerprint density at radius 1 is 0.800 bits per heavy atom. The maximum absolute atomic E-state index is 12.8. The average Bonchev–Trinajstić information content (AvgIpc) is 3.72. The second kappa shape index (κ2) is 22.1. The molecule has 0 fully saturated rings. The SMILES string of the molecule is C.COCC(=O)Cn1c(=O)c2c(ncn2COCC[Si](C)(C)C)n(C)c1=O.COCC(O)Cn1c(=O)c2c(ncn2COCC[Si](C)(C)C)n(C)c1=O.[2H]CC. The summed E-state index contributed by atoms with van der Waals surface area (Å²) in [5, 5.41) is 9.91. The van der Waals surface area contributed by atoms with Gasteiger partial charge in [-0.2, -0.15) is 0 Å². The molecular formula is C35H64N8O10Si2. The molecule has 1 unspecified atom stereocenters. The van der Waals surface area contributed by atoms with E-state index in [4.69, 9.17) is 20.3 Å². The van der Waals surface area contributed by atoms with Crippen LogP contribution in [-0.4, -0.2) is 111 Å². The lowest BCUT2D eigenvalue weighted by Crippen LogP contribution is -2.43. The van der Waals surface area contributed by atoms with Gasteiger partial charge >= 0.3 is 11.4 Å². The van der Waals surface area contributed by atoms with Crippen molar-refractivity contribution in [3.05, 3.63) is 54.3 Å². The smallest absolute Gasteiger partial charge is 0.332 e. The molecule has 1 atom stereocenters. The number of rotatable bonds is 18. The van der Waals surface area contributed by atoms with Crippen LogP contribution in [-0.2, 0) is 64.4 Å². The van der Waals surface area contributed by atoms with Crippen molar-refractivity contribution in [1.29, 1.82) is 0 Å². The van der Waals surface area contributed by atoms with E-state index in [-0.39, 0.29) is 69.7 Å². The van der Waals surface area contributed by atoms with Crippen LogP contribution in [0, 0.1) is 0 Å². The monoisotopic (exact) mass is 813 g/mol. The van der Waals surface area contributed by atoms with Crippen molar-refractivity contribution in [2.45, 2.75) is 105 Å². The van der Waals surface area contributed by atoms with Crippen molar-refractivity contribution in [3.8, 4) is 0 Å². The summed E-state index contributed by atoms with van der Waals surface area (Å²) in [6.45, 7) is 16.8. The molecule has 0 saturated carbocycles. The third-order valence-electron chi connectivity index (χ3n) is 8.05. The number of Topliss-reactive ketones (excluding diaryl/α,β-unsaturated/α-hetero) is 1. The van der Waals surface area contributed by atoms with Crippen LogP contribution in [0.1, 0.15) is 22.6 Å². The number of carbonyl (C=O) groups is 1. The Morgan fingerprint density at radius 3 is 1.62 bits per heavy atom. The van der Waals surface area contributed by atoms with Crippen LogP contribution in [0.15, 0.2) is 31.8 Å². The number of imidazole rings is 2. The number of hydrogen-bond donors (Lipinski definition) is 1. The molecule has 0 amide bonds. The van der Waals surface area contributed by atoms with E-state index in [0.717, 1.165) is 21.2 Å². The third kappa shape index (κ3) is 13.7. The van der Waals surface area contributed by atoms with Crippen molar-refractivity contribution in [1.82, 2.24) is 37.4 Å². The summed E-state index contributed by atoms with van der Waals surface area (Å²) in [6, 6.07) is 2.03. The molecule has 4 aromatic rings. The predicted molar refractivity (Wildman–Crippen MR) is 220 cm³/mol. The normalized spacial score (nSPS) is 12.4. The molecule has 4 aromatic heterocycles. The minimum atomic E-state index is -1.21. The highest BCUT2D eigenvalue weighted by atomic mass is 28.3. The zero-order valence-electron chi connectivity index (χ0n) is 34.7. The van der Waals surface area contributed by atoms with Crippen molar-refractivity contribution in [2.24, 2.45) is 14.1 Å². The third-order valence-corrected chi connectivity index (χ3v) is 11.5. The van der Waals surface area contributed by atoms with Gasteiger partial charge in [0.1, 0.15) is 20.1 Å². The molecule has 0 spiro atoms. The van der Waals surface area contributed by atoms with E-state index in [0.29, 0.717) is 25.8 Å². The van der Waals surface area contributed by atoms with E-state index < -0.39 is 44.7 Å². The van der Waals surface area contributed by atoms with Crippen LogP contribution in [0.4, 0.5) is 0 Å². The first-order valence-electron chi connectivity index (χ1n) is 18.3. The van der Waals surface area contributed by atoms with Gasteiger partial charge in [-0.25, -0.2) is 19.6 Å². The molecule has 0 aliphatic carbocycles. The Bertz CT molecular complexity index is 2090. The number of aliphatic hydroxyl groups excluding tert-OH is 1. The van der Waals surface area contributed by atoms with Crippen LogP contribution in [0.3, 0.4) is 0 Å². The van der Waals surface area contributed by atoms with Gasteiger partial charge in [0.05, 0.1) is 38.5 Å². The first-order valence-corrected chi connectivity index (χ1v) is 25.1. The Balaban J connectivity index is 0.000000515. The van der Waals surface area contributed by atoms with Gasteiger partial charge in [0.25, 0.3) is 11.1 Å². The molecule has 0 bridgehead atoms. The van der Waals surface area contributed by atoms with Crippen LogP contribution >= 0.6 is 0 Å². The van der Waals surface area contributed by atoms with E-state index in [9.17, 15) is 29.1 Å². The lowest BCUT2D eigenvalue weighted by atomic mass is 10.3. The van der Waals surface area contributed by atoms with Gasteiger partial charge in [0.2, 0.25) is 0 Å². The minimum absolute atomic E-state index is 0. The summed E-state index contributed by atoms with van der Waals surface area (Å²) in [5.41, 5.74) is -1.08. The maximum atomic E-state index is 12.8. The molecular weight excluding hydrogens is 749 g/mol. The number of carbonyl (C=O) groups excluding carboxylic acids is 1. The molecule has 0 aliphatic heterocycles. The molecule has 312 valence electrons. The molecule has 20 heteroatoms. The molecule has 0 aromatic carbocycles. The highest BCUT2D eigenvalue weighted by molar-refractivity contribution is 6.76. The molecule has 4 heterocycles. The zero-order chi connectivity index (χ0) is 41.7. The van der Waals surface area contributed by atoms with Gasteiger partial charge in [-0.3, -0.25) is 32.7 Å². The number of hydrogen-bond acceptors (Lipinski definition) is 12. The largest absolute Gasteiger partial charge is 0.389 e. The highest BCUT2D eigenvalue weighted by Gasteiger charge is 2.20. The molecule has 0 radical (unpaired) electrons. The van der Waals surface area contributed by atoms with Crippen molar-refractivity contribution < 1.29 is 30.2 Å². The van der Waals surface area contributed by atoms with E-state index in [1.807, 2.05) is 0 Å². The summed E-state index contributed by atoms with van der Waals surface area (Å²) < 4.78 is 34.9. The number of aromatic nitrogens is 8. The number of methoxy groups -OCH3 is 2. The molecule has 0 aliphatic rings. The van der Waals surface area contributed by atoms with Gasteiger partial charge in [-0.1, -0.05) is 60.5 Å². The Labute approximate surface area is 325 Å². The average molecular weight is 814 g/mol. The fraction of sp³-hybridized carbons (Fsp3) is 0.686. The van der Waals surface area contributed by atoms with Gasteiger partial charge in [-0.15, -0.1) is 0 Å². The maximum Gasteiger partial charge on any atom is 0.332 e. The van der Waals surface area contributed by atoms with E-state index in [1.54, 1.807) is 23.1 Å². The van der Waals surface area contributed by atoms with Crippen molar-refractivity contribution in [3.63, 3.8) is 0 Å². The van der Waals surface area contributed by atoms with Gasteiger partial charge in [-0.05, 0) is 12.1 Å². The second-order valence-corrected chi connectivity index (χ2v) is 26.3. The first kappa shape index (κ1) is 47.4. The number of ketones is 1. The summed E-state index contributed by atoms with van der Waals surface area (Å²) >= 11 is 0. The fourth-order valence-electron chi connectivity index (χ4n) is 5.06. The molecule has 0 saturated heterocycles. The summed E-state index contributed by atoms with van der Waals surface area (Å²) in [4.78, 5) is 70.5. The standard InChI is InChI=1S/C16H28N4O5Si.C16H26N4O5Si.C2H6.CH4/c2*1-18-14-13(15(22)20(16(18)23)8-12(21)9-24-2)19(10-17-14)11-25-6-7-26(3,4)5;1-2;/h10,12,21H,6-9,11H2,1-5H3;10H,6-9,11H2,1-5H3;1-2H3;1H4/i;;1D;. The Morgan fingerprint density at radius 2 is 1.22 bits per heavy atom.